The molecule has 3 rings (SSSR count). The number of ether oxygens (including phenoxy) is 2. The normalized spacial score (nSPS) is 11.9. The molecular formula is C24H30BCl2N7O7. The zero-order valence-corrected chi connectivity index (χ0v) is 24.4. The summed E-state index contributed by atoms with van der Waals surface area (Å²) >= 11 is 12.8. The number of nitrogens with two attached hydrogens (primary N) is 1. The summed E-state index contributed by atoms with van der Waals surface area (Å²) in [7, 11) is 1.66. The molecule has 0 spiro atoms. The number of nitrogens with zero attached hydrogens (tertiary/aromatic N) is 4. The van der Waals surface area contributed by atoms with Crippen molar-refractivity contribution in [2.45, 2.75) is 58.7 Å². The second kappa shape index (κ2) is 14.3. The number of rotatable bonds is 13. The first-order chi connectivity index (χ1) is 19.5. The van der Waals surface area contributed by atoms with E-state index in [-0.39, 0.29) is 40.9 Å². The predicted molar refractivity (Wildman–Crippen MR) is 154 cm³/mol. The molecule has 0 aliphatic heterocycles. The van der Waals surface area contributed by atoms with E-state index >= 15 is 0 Å². The SMILES string of the molecule is CCCC[C@H](NBOC)C(=O)OCn1nc(Oc2c(Cl)cc(-n3nc(N)c(=O)[nH]c3=O)cc2Cl)cc(C(C)C)c1=O. The summed E-state index contributed by atoms with van der Waals surface area (Å²) in [5.41, 5.74) is 3.81. The van der Waals surface area contributed by atoms with E-state index in [0.29, 0.717) is 12.0 Å². The molecule has 220 valence electrons. The van der Waals surface area contributed by atoms with Crippen LogP contribution >= 0.6 is 23.2 Å². The first-order valence-electron chi connectivity index (χ1n) is 12.6. The first kappa shape index (κ1) is 31.9. The van der Waals surface area contributed by atoms with Gasteiger partial charge in [0.1, 0.15) is 0 Å². The molecular weight excluding hydrogens is 580 g/mol. The number of carbonyl (C=O) groups excluding carboxylic acids is 1. The van der Waals surface area contributed by atoms with Crippen molar-refractivity contribution < 1.29 is 18.9 Å². The third-order valence-corrected chi connectivity index (χ3v) is 6.38. The van der Waals surface area contributed by atoms with Gasteiger partial charge in [-0.1, -0.05) is 56.8 Å². The van der Waals surface area contributed by atoms with E-state index in [1.54, 1.807) is 0 Å². The van der Waals surface area contributed by atoms with Gasteiger partial charge < -0.3 is 25.1 Å². The lowest BCUT2D eigenvalue weighted by atomic mass is 10.1. The maximum Gasteiger partial charge on any atom is 0.361 e. The van der Waals surface area contributed by atoms with E-state index in [9.17, 15) is 19.2 Å². The van der Waals surface area contributed by atoms with Crippen LogP contribution in [0.3, 0.4) is 0 Å². The molecule has 3 aromatic rings. The second-order valence-electron chi connectivity index (χ2n) is 9.22. The van der Waals surface area contributed by atoms with Gasteiger partial charge in [-0.3, -0.25) is 19.4 Å². The third kappa shape index (κ3) is 7.97. The summed E-state index contributed by atoms with van der Waals surface area (Å²) in [5.74, 6) is -1.31. The standard InChI is InChI=1S/C24H30BCl2N7O7/c1-5-6-7-17(30-25-39-4)23(37)40-11-33-22(36)14(12(2)3)10-18(31-33)41-19-15(26)8-13(9-16(19)27)34-24(38)29-21(35)20(28)32-34/h8-10,12,17,25,30H,5-7,11H2,1-4H3,(H2,28,32)(H,29,35,38)/t17-/m0/s1. The molecule has 0 saturated heterocycles. The lowest BCUT2D eigenvalue weighted by Gasteiger charge is -2.18. The van der Waals surface area contributed by atoms with Crippen molar-refractivity contribution in [2.24, 2.45) is 0 Å². The highest BCUT2D eigenvalue weighted by atomic mass is 35.5. The van der Waals surface area contributed by atoms with Crippen LogP contribution in [-0.2, 0) is 20.9 Å². The number of H-pyrrole nitrogens is 1. The number of nitrogen functional groups attached to an aromatic ring is 1. The third-order valence-electron chi connectivity index (χ3n) is 5.82. The summed E-state index contributed by atoms with van der Waals surface area (Å²) in [6, 6.07) is 3.45. The predicted octanol–water partition coefficient (Wildman–Crippen LogP) is 1.84. The molecule has 0 bridgehead atoms. The molecule has 0 saturated carbocycles. The van der Waals surface area contributed by atoms with Crippen molar-refractivity contribution in [1.29, 1.82) is 0 Å². The summed E-state index contributed by atoms with van der Waals surface area (Å²) in [6.45, 7) is 5.15. The van der Waals surface area contributed by atoms with Gasteiger partial charge in [0, 0.05) is 18.7 Å². The van der Waals surface area contributed by atoms with E-state index in [4.69, 9.17) is 43.1 Å². The van der Waals surface area contributed by atoms with Gasteiger partial charge in [-0.05, 0) is 24.5 Å². The molecule has 17 heteroatoms. The quantitative estimate of drug-likeness (QED) is 0.190. The van der Waals surface area contributed by atoms with Crippen molar-refractivity contribution in [3.05, 3.63) is 65.0 Å². The molecule has 0 fully saturated rings. The fourth-order valence-corrected chi connectivity index (χ4v) is 4.22. The number of unbranched alkanes of at least 4 members (excludes halogenated alkanes) is 1. The number of nitrogens with one attached hydrogen (secondary N) is 2. The second-order valence-corrected chi connectivity index (χ2v) is 10.0. The van der Waals surface area contributed by atoms with E-state index in [0.717, 1.165) is 22.2 Å². The van der Waals surface area contributed by atoms with Gasteiger partial charge in [0.2, 0.25) is 11.7 Å². The zero-order chi connectivity index (χ0) is 30.3. The van der Waals surface area contributed by atoms with Crippen LogP contribution in [0, 0.1) is 0 Å². The lowest BCUT2D eigenvalue weighted by Crippen LogP contribution is -2.41. The van der Waals surface area contributed by atoms with Crippen molar-refractivity contribution >= 4 is 42.6 Å². The number of anilines is 1. The Labute approximate surface area is 245 Å². The van der Waals surface area contributed by atoms with E-state index in [2.05, 4.69) is 15.4 Å². The van der Waals surface area contributed by atoms with E-state index in [1.165, 1.54) is 25.3 Å². The van der Waals surface area contributed by atoms with Crippen molar-refractivity contribution in [1.82, 2.24) is 29.8 Å². The molecule has 0 radical (unpaired) electrons. The number of esters is 1. The first-order valence-corrected chi connectivity index (χ1v) is 13.4. The molecule has 0 amide bonds. The smallest absolute Gasteiger partial charge is 0.361 e. The molecule has 4 N–H and O–H groups in total. The van der Waals surface area contributed by atoms with Gasteiger partial charge in [0.25, 0.3) is 11.1 Å². The Morgan fingerprint density at radius 3 is 2.46 bits per heavy atom. The Morgan fingerprint density at radius 2 is 1.85 bits per heavy atom. The van der Waals surface area contributed by atoms with Gasteiger partial charge in [0.05, 0.1) is 21.8 Å². The van der Waals surface area contributed by atoms with E-state index < -0.39 is 41.4 Å². The number of benzene rings is 1. The van der Waals surface area contributed by atoms with Crippen molar-refractivity contribution in [2.75, 3.05) is 12.8 Å². The van der Waals surface area contributed by atoms with Crippen LogP contribution < -0.4 is 32.5 Å². The van der Waals surface area contributed by atoms with Gasteiger partial charge >= 0.3 is 19.3 Å². The number of aromatic nitrogens is 5. The average Bonchev–Trinajstić information content (AvgIpc) is 2.92. The van der Waals surface area contributed by atoms with Crippen LogP contribution in [0.25, 0.3) is 5.69 Å². The molecule has 0 aliphatic carbocycles. The lowest BCUT2D eigenvalue weighted by molar-refractivity contribution is -0.150. The summed E-state index contributed by atoms with van der Waals surface area (Å²) in [4.78, 5) is 51.6. The van der Waals surface area contributed by atoms with Crippen molar-refractivity contribution in [3.8, 4) is 17.3 Å². The van der Waals surface area contributed by atoms with Crippen LogP contribution in [0.2, 0.25) is 10.0 Å². The van der Waals surface area contributed by atoms with Crippen molar-refractivity contribution in [3.63, 3.8) is 0 Å². The number of hydrogen-bond donors (Lipinski definition) is 3. The minimum atomic E-state index is -0.857. The summed E-state index contributed by atoms with van der Waals surface area (Å²) in [6.07, 6.45) is 2.20. The van der Waals surface area contributed by atoms with Crippen LogP contribution in [-0.4, -0.2) is 51.3 Å². The Hall–Kier alpha value is -3.66. The topological polar surface area (TPSA) is 185 Å². The van der Waals surface area contributed by atoms with E-state index in [1.807, 2.05) is 25.8 Å². The van der Waals surface area contributed by atoms with Crippen LogP contribution in [0.1, 0.15) is 51.5 Å². The Kier molecular flexibility index (Phi) is 11.1. The van der Waals surface area contributed by atoms with Gasteiger partial charge in [-0.2, -0.15) is 9.36 Å². The van der Waals surface area contributed by atoms with Crippen LogP contribution in [0.15, 0.2) is 32.6 Å². The highest BCUT2D eigenvalue weighted by molar-refractivity contribution is 6.37. The Morgan fingerprint density at radius 1 is 1.17 bits per heavy atom. The number of carbonyl (C=O) groups is 1. The Bertz CT molecular complexity index is 1540. The van der Waals surface area contributed by atoms with Crippen LogP contribution in [0.4, 0.5) is 5.82 Å². The highest BCUT2D eigenvalue weighted by Crippen LogP contribution is 2.37. The van der Waals surface area contributed by atoms with Gasteiger partial charge in [0.15, 0.2) is 12.5 Å². The fourth-order valence-electron chi connectivity index (χ4n) is 3.67. The average molecular weight is 610 g/mol. The highest BCUT2D eigenvalue weighted by Gasteiger charge is 2.22. The molecule has 2 aromatic heterocycles. The Balaban J connectivity index is 1.91. The molecule has 41 heavy (non-hydrogen) atoms. The number of aromatic amines is 1. The molecule has 14 nitrogen and oxygen atoms in total. The number of hydrogen-bond acceptors (Lipinski definition) is 11. The summed E-state index contributed by atoms with van der Waals surface area (Å²) in [5, 5.41) is 10.8. The maximum absolute atomic E-state index is 13.1. The minimum absolute atomic E-state index is 0.0321. The fraction of sp³-hybridized carbons (Fsp3) is 0.417. The van der Waals surface area contributed by atoms with Crippen LogP contribution in [0.5, 0.6) is 11.6 Å². The molecule has 2 heterocycles. The van der Waals surface area contributed by atoms with Gasteiger partial charge in [-0.15, -0.1) is 10.2 Å². The van der Waals surface area contributed by atoms with Gasteiger partial charge in [-0.25, -0.2) is 4.79 Å². The molecule has 0 aliphatic rings. The number of halogens is 2. The monoisotopic (exact) mass is 609 g/mol. The zero-order valence-electron chi connectivity index (χ0n) is 22.9. The molecule has 1 atom stereocenters. The largest absolute Gasteiger partial charge is 0.441 e. The minimum Gasteiger partial charge on any atom is -0.441 e. The molecule has 1 aromatic carbocycles. The molecule has 0 unspecified atom stereocenters. The maximum atomic E-state index is 13.1. The summed E-state index contributed by atoms with van der Waals surface area (Å²) < 4.78 is 18.1.